The van der Waals surface area contributed by atoms with Crippen LogP contribution >= 0.6 is 0 Å². The molecule has 0 saturated heterocycles. The zero-order valence-corrected chi connectivity index (χ0v) is 13.1. The number of hydrogen-bond acceptors (Lipinski definition) is 5. The highest BCUT2D eigenvalue weighted by Gasteiger charge is 2.13. The van der Waals surface area contributed by atoms with Gasteiger partial charge in [-0.25, -0.2) is 4.98 Å². The van der Waals surface area contributed by atoms with Crippen LogP contribution in [0.25, 0.3) is 0 Å². The number of para-hydroxylation sites is 2. The number of nitrogens with one attached hydrogen (secondary N) is 1. The Labute approximate surface area is 135 Å². The third-order valence-corrected chi connectivity index (χ3v) is 3.30. The highest BCUT2D eigenvalue weighted by atomic mass is 16.5. The zero-order valence-electron chi connectivity index (χ0n) is 13.1. The summed E-state index contributed by atoms with van der Waals surface area (Å²) in [6.45, 7) is 2.72. The summed E-state index contributed by atoms with van der Waals surface area (Å²) in [5.41, 5.74) is 1.12. The van der Waals surface area contributed by atoms with Gasteiger partial charge in [-0.1, -0.05) is 12.1 Å². The predicted molar refractivity (Wildman–Crippen MR) is 88.5 cm³/mol. The minimum Gasteiger partial charge on any atom is -0.495 e. The number of aromatic nitrogens is 1. The molecule has 0 unspecified atom stereocenters. The molecule has 0 aliphatic carbocycles. The van der Waals surface area contributed by atoms with Gasteiger partial charge in [-0.2, -0.15) is 5.26 Å². The van der Waals surface area contributed by atoms with Gasteiger partial charge < -0.3 is 15.0 Å². The molecule has 6 nitrogen and oxygen atoms in total. The predicted octanol–water partition coefficient (Wildman–Crippen LogP) is 2.43. The molecule has 0 fully saturated rings. The van der Waals surface area contributed by atoms with E-state index in [2.05, 4.69) is 10.3 Å². The largest absolute Gasteiger partial charge is 0.495 e. The number of rotatable bonds is 6. The molecule has 0 bridgehead atoms. The van der Waals surface area contributed by atoms with Crippen LogP contribution in [-0.2, 0) is 4.79 Å². The van der Waals surface area contributed by atoms with E-state index in [-0.39, 0.29) is 12.5 Å². The zero-order chi connectivity index (χ0) is 16.7. The molecule has 1 N–H and O–H groups in total. The Kier molecular flexibility index (Phi) is 5.53. The number of pyridine rings is 1. The molecule has 0 spiro atoms. The Morgan fingerprint density at radius 2 is 2.13 bits per heavy atom. The van der Waals surface area contributed by atoms with Crippen LogP contribution < -0.4 is 15.0 Å². The first-order valence-corrected chi connectivity index (χ1v) is 7.22. The lowest BCUT2D eigenvalue weighted by atomic mass is 10.3. The number of benzene rings is 1. The summed E-state index contributed by atoms with van der Waals surface area (Å²) in [6.07, 6.45) is 1.50. The van der Waals surface area contributed by atoms with Crippen LogP contribution in [0, 0.1) is 11.3 Å². The van der Waals surface area contributed by atoms with Crippen LogP contribution in [0.1, 0.15) is 12.5 Å². The molecule has 2 rings (SSSR count). The van der Waals surface area contributed by atoms with Crippen molar-refractivity contribution < 1.29 is 9.53 Å². The molecule has 1 amide bonds. The van der Waals surface area contributed by atoms with Gasteiger partial charge in [-0.15, -0.1) is 0 Å². The van der Waals surface area contributed by atoms with Crippen LogP contribution in [0.2, 0.25) is 0 Å². The summed E-state index contributed by atoms with van der Waals surface area (Å²) in [5, 5.41) is 11.6. The van der Waals surface area contributed by atoms with Gasteiger partial charge in [0.25, 0.3) is 0 Å². The van der Waals surface area contributed by atoms with E-state index in [4.69, 9.17) is 10.00 Å². The lowest BCUT2D eigenvalue weighted by Gasteiger charge is -2.21. The minimum atomic E-state index is -0.164. The Morgan fingerprint density at radius 3 is 2.74 bits per heavy atom. The summed E-state index contributed by atoms with van der Waals surface area (Å²) >= 11 is 0. The van der Waals surface area contributed by atoms with Gasteiger partial charge in [0, 0.05) is 12.7 Å². The van der Waals surface area contributed by atoms with Crippen LogP contribution in [0.15, 0.2) is 42.6 Å². The van der Waals surface area contributed by atoms with Crippen LogP contribution in [0.4, 0.5) is 11.5 Å². The van der Waals surface area contributed by atoms with Crippen molar-refractivity contribution in [2.75, 3.05) is 30.4 Å². The van der Waals surface area contributed by atoms with Crippen molar-refractivity contribution in [3.8, 4) is 11.8 Å². The van der Waals surface area contributed by atoms with Gasteiger partial charge in [0.05, 0.1) is 24.9 Å². The normalized spacial score (nSPS) is 9.78. The summed E-state index contributed by atoms with van der Waals surface area (Å²) in [6, 6.07) is 12.7. The van der Waals surface area contributed by atoms with Gasteiger partial charge in [-0.05, 0) is 31.2 Å². The number of likely N-dealkylation sites (N-methyl/N-ethyl adjacent to an activating group) is 1. The van der Waals surface area contributed by atoms with Gasteiger partial charge in [0.1, 0.15) is 17.6 Å². The molecular formula is C17H18N4O2. The standard InChI is InChI=1S/C17H18N4O2/c1-3-21(16-9-8-13(10-18)11-19-16)12-17(22)20-14-6-4-5-7-15(14)23-2/h4-9,11H,3,12H2,1-2H3,(H,20,22). The number of nitriles is 1. The topological polar surface area (TPSA) is 78.3 Å². The number of hydrogen-bond donors (Lipinski definition) is 1. The molecule has 1 aromatic carbocycles. The van der Waals surface area contributed by atoms with Crippen LogP contribution in [0.5, 0.6) is 5.75 Å². The second-order valence-corrected chi connectivity index (χ2v) is 4.78. The van der Waals surface area contributed by atoms with Crippen molar-refractivity contribution in [1.82, 2.24) is 4.98 Å². The molecule has 118 valence electrons. The third kappa shape index (κ3) is 4.20. The Bertz CT molecular complexity index is 707. The second-order valence-electron chi connectivity index (χ2n) is 4.78. The van der Waals surface area contributed by atoms with Crippen molar-refractivity contribution in [3.05, 3.63) is 48.2 Å². The molecule has 1 aromatic heterocycles. The summed E-state index contributed by atoms with van der Waals surface area (Å²) in [7, 11) is 1.56. The van der Waals surface area contributed by atoms with Gasteiger partial charge in [-0.3, -0.25) is 4.79 Å². The lowest BCUT2D eigenvalue weighted by molar-refractivity contribution is -0.115. The van der Waals surface area contributed by atoms with Gasteiger partial charge in [0.2, 0.25) is 5.91 Å². The summed E-state index contributed by atoms with van der Waals surface area (Å²) < 4.78 is 5.22. The molecule has 1 heterocycles. The van der Waals surface area contributed by atoms with E-state index in [1.165, 1.54) is 6.20 Å². The number of ether oxygens (including phenoxy) is 1. The van der Waals surface area contributed by atoms with E-state index >= 15 is 0 Å². The van der Waals surface area contributed by atoms with Gasteiger partial charge >= 0.3 is 0 Å². The van der Waals surface area contributed by atoms with E-state index in [0.29, 0.717) is 29.4 Å². The number of nitrogens with zero attached hydrogens (tertiary/aromatic N) is 3. The third-order valence-electron chi connectivity index (χ3n) is 3.30. The number of anilines is 2. The van der Waals surface area contributed by atoms with Crippen LogP contribution in [0.3, 0.4) is 0 Å². The molecule has 0 saturated carbocycles. The van der Waals surface area contributed by atoms with E-state index in [1.807, 2.05) is 30.0 Å². The van der Waals surface area contributed by atoms with E-state index < -0.39 is 0 Å². The van der Waals surface area contributed by atoms with E-state index in [1.54, 1.807) is 31.4 Å². The fourth-order valence-corrected chi connectivity index (χ4v) is 2.11. The number of methoxy groups -OCH3 is 1. The number of carbonyl (C=O) groups excluding carboxylic acids is 1. The lowest BCUT2D eigenvalue weighted by Crippen LogP contribution is -2.33. The second kappa shape index (κ2) is 7.80. The van der Waals surface area contributed by atoms with Crippen molar-refractivity contribution in [1.29, 1.82) is 5.26 Å². The summed E-state index contributed by atoms with van der Waals surface area (Å²) in [5.74, 6) is 1.10. The van der Waals surface area contributed by atoms with E-state index in [0.717, 1.165) is 0 Å². The maximum absolute atomic E-state index is 12.3. The van der Waals surface area contributed by atoms with Crippen molar-refractivity contribution in [2.45, 2.75) is 6.92 Å². The first-order valence-electron chi connectivity index (χ1n) is 7.22. The minimum absolute atomic E-state index is 0.160. The number of amides is 1. The summed E-state index contributed by atoms with van der Waals surface area (Å²) in [4.78, 5) is 18.3. The maximum Gasteiger partial charge on any atom is 0.244 e. The monoisotopic (exact) mass is 310 g/mol. The first kappa shape index (κ1) is 16.3. The quantitative estimate of drug-likeness (QED) is 0.886. The molecule has 0 aliphatic rings. The fourth-order valence-electron chi connectivity index (χ4n) is 2.11. The SMILES string of the molecule is CCN(CC(=O)Nc1ccccc1OC)c1ccc(C#N)cn1. The molecule has 6 heteroatoms. The van der Waals surface area contributed by atoms with Gasteiger partial charge in [0.15, 0.2) is 0 Å². The smallest absolute Gasteiger partial charge is 0.244 e. The molecule has 0 atom stereocenters. The molecular weight excluding hydrogens is 292 g/mol. The van der Waals surface area contributed by atoms with Crippen molar-refractivity contribution in [2.24, 2.45) is 0 Å². The van der Waals surface area contributed by atoms with Crippen LogP contribution in [-0.4, -0.2) is 31.1 Å². The molecule has 0 aliphatic heterocycles. The average Bonchev–Trinajstić information content (AvgIpc) is 2.60. The Balaban J connectivity index is 2.06. The first-order chi connectivity index (χ1) is 11.2. The fraction of sp³-hybridized carbons (Fsp3) is 0.235. The van der Waals surface area contributed by atoms with E-state index in [9.17, 15) is 4.79 Å². The molecule has 0 radical (unpaired) electrons. The highest BCUT2D eigenvalue weighted by molar-refractivity contribution is 5.95. The Morgan fingerprint density at radius 1 is 1.35 bits per heavy atom. The van der Waals surface area contributed by atoms with Crippen molar-refractivity contribution >= 4 is 17.4 Å². The molecule has 2 aromatic rings. The average molecular weight is 310 g/mol. The number of carbonyl (C=O) groups is 1. The molecule has 23 heavy (non-hydrogen) atoms. The maximum atomic E-state index is 12.3. The highest BCUT2D eigenvalue weighted by Crippen LogP contribution is 2.23. The van der Waals surface area contributed by atoms with Crippen molar-refractivity contribution in [3.63, 3.8) is 0 Å². The Hall–Kier alpha value is -3.07.